The summed E-state index contributed by atoms with van der Waals surface area (Å²) in [5.74, 6) is 0. The van der Waals surface area contributed by atoms with Gasteiger partial charge >= 0.3 is 0 Å². The van der Waals surface area contributed by atoms with E-state index in [9.17, 15) is 0 Å². The largest absolute Gasteiger partial charge is 0.380 e. The zero-order chi connectivity index (χ0) is 15.2. The van der Waals surface area contributed by atoms with Gasteiger partial charge in [-0.1, -0.05) is 35.9 Å². The van der Waals surface area contributed by atoms with E-state index in [1.54, 1.807) is 7.11 Å². The summed E-state index contributed by atoms with van der Waals surface area (Å²) < 4.78 is 5.24. The Labute approximate surface area is 131 Å². The summed E-state index contributed by atoms with van der Waals surface area (Å²) in [5, 5.41) is 4.20. The molecule has 0 aliphatic carbocycles. The molecule has 2 aromatic carbocycles. The number of halogens is 1. The lowest BCUT2D eigenvalue weighted by molar-refractivity contribution is 0.184. The lowest BCUT2D eigenvalue weighted by atomic mass is 10.1. The number of hydrogen-bond donors (Lipinski definition) is 1. The molecule has 0 radical (unpaired) electrons. The summed E-state index contributed by atoms with van der Waals surface area (Å²) in [6.07, 6.45) is 0. The normalized spacial score (nSPS) is 10.5. The molecule has 0 fully saturated rings. The van der Waals surface area contributed by atoms with Crippen molar-refractivity contribution in [3.63, 3.8) is 0 Å². The second-order valence-electron chi connectivity index (χ2n) is 5.11. The molecule has 0 saturated heterocycles. The van der Waals surface area contributed by atoms with Crippen LogP contribution in [-0.4, -0.2) is 21.2 Å². The van der Waals surface area contributed by atoms with Crippen molar-refractivity contribution in [2.45, 2.75) is 13.2 Å². The summed E-state index contributed by atoms with van der Waals surface area (Å²) in [6.45, 7) is 1.36. The van der Waals surface area contributed by atoms with Crippen LogP contribution in [0.5, 0.6) is 0 Å². The quantitative estimate of drug-likeness (QED) is 0.867. The standard InChI is InChI=1S/C17H21ClN2O/c1-20(2)17-9-8-15(18)10-16(17)19-11-13-6-4-5-7-14(13)12-21-3/h4-10,19H,11-12H2,1-3H3. The highest BCUT2D eigenvalue weighted by molar-refractivity contribution is 6.31. The lowest BCUT2D eigenvalue weighted by Gasteiger charge is -2.19. The summed E-state index contributed by atoms with van der Waals surface area (Å²) in [6, 6.07) is 14.2. The summed E-state index contributed by atoms with van der Waals surface area (Å²) in [4.78, 5) is 2.07. The van der Waals surface area contributed by atoms with Crippen molar-refractivity contribution in [1.29, 1.82) is 0 Å². The molecule has 0 bridgehead atoms. The van der Waals surface area contributed by atoms with E-state index < -0.39 is 0 Å². The van der Waals surface area contributed by atoms with E-state index in [0.717, 1.165) is 22.9 Å². The minimum atomic E-state index is 0.619. The molecule has 4 heteroatoms. The van der Waals surface area contributed by atoms with Crippen LogP contribution in [0.3, 0.4) is 0 Å². The number of nitrogens with zero attached hydrogens (tertiary/aromatic N) is 1. The zero-order valence-electron chi connectivity index (χ0n) is 12.7. The van der Waals surface area contributed by atoms with Gasteiger partial charge in [0.2, 0.25) is 0 Å². The third kappa shape index (κ3) is 4.13. The number of hydrogen-bond acceptors (Lipinski definition) is 3. The number of anilines is 2. The molecule has 0 aromatic heterocycles. The highest BCUT2D eigenvalue weighted by Gasteiger charge is 2.07. The maximum atomic E-state index is 6.11. The van der Waals surface area contributed by atoms with E-state index in [2.05, 4.69) is 22.3 Å². The van der Waals surface area contributed by atoms with E-state index in [4.69, 9.17) is 16.3 Å². The van der Waals surface area contributed by atoms with Crippen LogP contribution >= 0.6 is 11.6 Å². The second-order valence-corrected chi connectivity index (χ2v) is 5.55. The number of rotatable bonds is 6. The Balaban J connectivity index is 2.18. The molecule has 2 rings (SSSR count). The summed E-state index contributed by atoms with van der Waals surface area (Å²) >= 11 is 6.11. The van der Waals surface area contributed by atoms with Gasteiger partial charge in [0.15, 0.2) is 0 Å². The molecule has 112 valence electrons. The minimum absolute atomic E-state index is 0.619. The predicted molar refractivity (Wildman–Crippen MR) is 90.3 cm³/mol. The van der Waals surface area contributed by atoms with Gasteiger partial charge in [-0.15, -0.1) is 0 Å². The van der Waals surface area contributed by atoms with Gasteiger partial charge in [-0.2, -0.15) is 0 Å². The van der Waals surface area contributed by atoms with Gasteiger partial charge in [0, 0.05) is 32.8 Å². The Morgan fingerprint density at radius 1 is 1.10 bits per heavy atom. The van der Waals surface area contributed by atoms with Gasteiger partial charge in [0.25, 0.3) is 0 Å². The second kappa shape index (κ2) is 7.34. The smallest absolute Gasteiger partial charge is 0.0716 e. The van der Waals surface area contributed by atoms with E-state index in [1.807, 2.05) is 44.4 Å². The van der Waals surface area contributed by atoms with E-state index in [1.165, 1.54) is 11.1 Å². The maximum Gasteiger partial charge on any atom is 0.0716 e. The van der Waals surface area contributed by atoms with Gasteiger partial charge in [0.1, 0.15) is 0 Å². The third-order valence-electron chi connectivity index (χ3n) is 3.33. The molecule has 0 heterocycles. The van der Waals surface area contributed by atoms with Crippen LogP contribution < -0.4 is 10.2 Å². The first-order chi connectivity index (χ1) is 10.1. The van der Waals surface area contributed by atoms with Crippen LogP contribution in [0.15, 0.2) is 42.5 Å². The number of nitrogens with one attached hydrogen (secondary N) is 1. The lowest BCUT2D eigenvalue weighted by Crippen LogP contribution is -2.12. The summed E-state index contributed by atoms with van der Waals surface area (Å²) in [7, 11) is 5.76. The van der Waals surface area contributed by atoms with E-state index in [0.29, 0.717) is 6.61 Å². The van der Waals surface area contributed by atoms with Gasteiger partial charge in [-0.05, 0) is 29.3 Å². The van der Waals surface area contributed by atoms with Crippen molar-refractivity contribution in [2.24, 2.45) is 0 Å². The van der Waals surface area contributed by atoms with Gasteiger partial charge in [0.05, 0.1) is 18.0 Å². The third-order valence-corrected chi connectivity index (χ3v) is 3.56. The topological polar surface area (TPSA) is 24.5 Å². The predicted octanol–water partition coefficient (Wildman–Crippen LogP) is 4.16. The molecule has 0 aliphatic heterocycles. The molecule has 0 amide bonds. The van der Waals surface area contributed by atoms with Crippen molar-refractivity contribution in [1.82, 2.24) is 0 Å². The highest BCUT2D eigenvalue weighted by Crippen LogP contribution is 2.28. The Morgan fingerprint density at radius 2 is 1.81 bits per heavy atom. The van der Waals surface area contributed by atoms with Crippen LogP contribution in [0.4, 0.5) is 11.4 Å². The molecular formula is C17H21ClN2O. The fourth-order valence-electron chi connectivity index (χ4n) is 2.26. The fourth-order valence-corrected chi connectivity index (χ4v) is 2.43. The van der Waals surface area contributed by atoms with Crippen LogP contribution in [0.2, 0.25) is 5.02 Å². The SMILES string of the molecule is COCc1ccccc1CNc1cc(Cl)ccc1N(C)C. The first-order valence-electron chi connectivity index (χ1n) is 6.88. The van der Waals surface area contributed by atoms with Crippen LogP contribution in [0.25, 0.3) is 0 Å². The van der Waals surface area contributed by atoms with E-state index in [-0.39, 0.29) is 0 Å². The molecule has 21 heavy (non-hydrogen) atoms. The van der Waals surface area contributed by atoms with Crippen LogP contribution in [-0.2, 0) is 17.9 Å². The maximum absolute atomic E-state index is 6.11. The highest BCUT2D eigenvalue weighted by atomic mass is 35.5. The number of ether oxygens (including phenoxy) is 1. The minimum Gasteiger partial charge on any atom is -0.380 e. The number of methoxy groups -OCH3 is 1. The Bertz CT molecular complexity index is 599. The molecule has 0 saturated carbocycles. The van der Waals surface area contributed by atoms with Gasteiger partial charge in [-0.25, -0.2) is 0 Å². The van der Waals surface area contributed by atoms with E-state index >= 15 is 0 Å². The molecule has 3 nitrogen and oxygen atoms in total. The van der Waals surface area contributed by atoms with Crippen LogP contribution in [0.1, 0.15) is 11.1 Å². The molecule has 0 atom stereocenters. The molecule has 0 spiro atoms. The van der Waals surface area contributed by atoms with Gasteiger partial charge in [-0.3, -0.25) is 0 Å². The molecule has 1 N–H and O–H groups in total. The average Bonchev–Trinajstić information content (AvgIpc) is 2.46. The Hall–Kier alpha value is -1.71. The fraction of sp³-hybridized carbons (Fsp3) is 0.294. The monoisotopic (exact) mass is 304 g/mol. The zero-order valence-corrected chi connectivity index (χ0v) is 13.4. The number of benzene rings is 2. The molecule has 2 aromatic rings. The Morgan fingerprint density at radius 3 is 2.48 bits per heavy atom. The molecular weight excluding hydrogens is 284 g/mol. The molecule has 0 unspecified atom stereocenters. The van der Waals surface area contributed by atoms with Crippen molar-refractivity contribution in [3.05, 3.63) is 58.6 Å². The van der Waals surface area contributed by atoms with Crippen molar-refractivity contribution in [2.75, 3.05) is 31.4 Å². The average molecular weight is 305 g/mol. The first-order valence-corrected chi connectivity index (χ1v) is 7.26. The van der Waals surface area contributed by atoms with Crippen molar-refractivity contribution < 1.29 is 4.74 Å². The van der Waals surface area contributed by atoms with Crippen molar-refractivity contribution >= 4 is 23.0 Å². The first kappa shape index (κ1) is 15.7. The molecule has 0 aliphatic rings. The van der Waals surface area contributed by atoms with Gasteiger partial charge < -0.3 is 15.0 Å². The summed E-state index contributed by atoms with van der Waals surface area (Å²) in [5.41, 5.74) is 4.56. The van der Waals surface area contributed by atoms with Crippen molar-refractivity contribution in [3.8, 4) is 0 Å². The Kier molecular flexibility index (Phi) is 5.48. The van der Waals surface area contributed by atoms with Crippen LogP contribution in [0, 0.1) is 0 Å².